The first-order valence-electron chi connectivity index (χ1n) is 6.97. The molecule has 0 fully saturated rings. The summed E-state index contributed by atoms with van der Waals surface area (Å²) < 4.78 is 15.9. The Bertz CT molecular complexity index is 608. The molecule has 1 aliphatic carbocycles. The molecule has 1 aromatic carbocycles. The lowest BCUT2D eigenvalue weighted by Crippen LogP contribution is -2.35. The van der Waals surface area contributed by atoms with Gasteiger partial charge in [-0.1, -0.05) is 18.2 Å². The van der Waals surface area contributed by atoms with Crippen LogP contribution < -0.4 is 4.74 Å². The molecule has 0 atom stereocenters. The smallest absolute Gasteiger partial charge is 0.207 e. The fourth-order valence-corrected chi connectivity index (χ4v) is 2.49. The third-order valence-corrected chi connectivity index (χ3v) is 3.90. The van der Waals surface area contributed by atoms with Crippen molar-refractivity contribution >= 4 is 5.57 Å². The summed E-state index contributed by atoms with van der Waals surface area (Å²) in [6.07, 6.45) is 6.71. The first-order chi connectivity index (χ1) is 10.4. The van der Waals surface area contributed by atoms with Crippen LogP contribution in [0.15, 0.2) is 49.1 Å². The quantitative estimate of drug-likeness (QED) is 0.671. The van der Waals surface area contributed by atoms with Crippen LogP contribution in [0.5, 0.6) is 5.75 Å². The Hall–Kier alpha value is -1.88. The molecule has 0 unspecified atom stereocenters. The summed E-state index contributed by atoms with van der Waals surface area (Å²) in [5, 5.41) is 11.0. The highest BCUT2D eigenvalue weighted by atomic mass is 16.7. The summed E-state index contributed by atoms with van der Waals surface area (Å²) in [7, 11) is 4.71. The average Bonchev–Trinajstić information content (AvgIpc) is 2.55. The van der Waals surface area contributed by atoms with E-state index in [4.69, 9.17) is 14.2 Å². The molecule has 4 nitrogen and oxygen atoms in total. The molecule has 0 saturated carbocycles. The molecule has 0 radical (unpaired) electrons. The normalized spacial score (nSPS) is 18.2. The summed E-state index contributed by atoms with van der Waals surface area (Å²) in [5.74, 6) is -0.223. The molecule has 0 bridgehead atoms. The van der Waals surface area contributed by atoms with Crippen LogP contribution in [0.3, 0.4) is 0 Å². The summed E-state index contributed by atoms with van der Waals surface area (Å²) >= 11 is 0. The van der Waals surface area contributed by atoms with Gasteiger partial charge < -0.3 is 19.3 Å². The van der Waals surface area contributed by atoms with Gasteiger partial charge in [0.05, 0.1) is 7.11 Å². The molecule has 1 N–H and O–H groups in total. The number of rotatable bonds is 5. The zero-order valence-electron chi connectivity index (χ0n) is 13.4. The number of aliphatic hydroxyl groups is 1. The van der Waals surface area contributed by atoms with Gasteiger partial charge in [-0.15, -0.1) is 0 Å². The lowest BCUT2D eigenvalue weighted by molar-refractivity contribution is -0.136. The van der Waals surface area contributed by atoms with Crippen molar-refractivity contribution in [1.29, 1.82) is 0 Å². The minimum Gasteiger partial charge on any atom is -0.497 e. The van der Waals surface area contributed by atoms with Crippen molar-refractivity contribution in [1.82, 2.24) is 0 Å². The second kappa shape index (κ2) is 6.08. The first-order valence-corrected chi connectivity index (χ1v) is 6.97. The van der Waals surface area contributed by atoms with E-state index in [0.29, 0.717) is 0 Å². The molecular formula is C18H22O4. The fraction of sp³-hybridized carbons (Fsp3) is 0.333. The van der Waals surface area contributed by atoms with Gasteiger partial charge in [0.25, 0.3) is 0 Å². The van der Waals surface area contributed by atoms with Crippen molar-refractivity contribution in [3.8, 4) is 5.75 Å². The molecule has 0 aliphatic heterocycles. The van der Waals surface area contributed by atoms with Crippen LogP contribution in [-0.2, 0) is 15.1 Å². The maximum absolute atomic E-state index is 11.0. The SMILES string of the molecule is C=C(C)c1cc(OC)ccc1C1(O)C=CC(OC)(OC)C=C1. The summed E-state index contributed by atoms with van der Waals surface area (Å²) in [6, 6.07) is 5.52. The van der Waals surface area contributed by atoms with Gasteiger partial charge in [0, 0.05) is 14.2 Å². The molecule has 0 aromatic heterocycles. The molecule has 1 aliphatic rings. The Balaban J connectivity index is 2.49. The zero-order valence-corrected chi connectivity index (χ0v) is 13.4. The minimum atomic E-state index is -1.25. The van der Waals surface area contributed by atoms with E-state index in [9.17, 15) is 5.11 Å². The molecule has 0 amide bonds. The largest absolute Gasteiger partial charge is 0.497 e. The topological polar surface area (TPSA) is 47.9 Å². The Morgan fingerprint density at radius 2 is 1.64 bits per heavy atom. The summed E-state index contributed by atoms with van der Waals surface area (Å²) in [5.41, 5.74) is 1.17. The zero-order chi connectivity index (χ0) is 16.4. The van der Waals surface area contributed by atoms with E-state index in [1.54, 1.807) is 45.6 Å². The van der Waals surface area contributed by atoms with Crippen LogP contribution >= 0.6 is 0 Å². The van der Waals surface area contributed by atoms with Gasteiger partial charge in [0.2, 0.25) is 5.79 Å². The van der Waals surface area contributed by atoms with Crippen LogP contribution in [0.25, 0.3) is 5.57 Å². The number of methoxy groups -OCH3 is 3. The van der Waals surface area contributed by atoms with Crippen molar-refractivity contribution in [2.24, 2.45) is 0 Å². The fourth-order valence-electron chi connectivity index (χ4n) is 2.49. The summed E-state index contributed by atoms with van der Waals surface area (Å²) in [6.45, 7) is 5.88. The van der Waals surface area contributed by atoms with Crippen molar-refractivity contribution in [3.05, 3.63) is 60.2 Å². The van der Waals surface area contributed by atoms with Crippen LogP contribution in [0, 0.1) is 0 Å². The van der Waals surface area contributed by atoms with E-state index in [1.165, 1.54) is 0 Å². The standard InChI is InChI=1S/C18H22O4/c1-13(2)15-12-14(20-3)6-7-16(15)17(19)8-10-18(21-4,22-5)11-9-17/h6-12,19H,1H2,2-5H3. The molecule has 118 valence electrons. The van der Waals surface area contributed by atoms with E-state index in [0.717, 1.165) is 22.4 Å². The second-order valence-corrected chi connectivity index (χ2v) is 5.31. The Kier molecular flexibility index (Phi) is 4.56. The van der Waals surface area contributed by atoms with E-state index in [-0.39, 0.29) is 0 Å². The monoisotopic (exact) mass is 302 g/mol. The van der Waals surface area contributed by atoms with Gasteiger partial charge in [-0.25, -0.2) is 0 Å². The van der Waals surface area contributed by atoms with Crippen LogP contribution in [0.2, 0.25) is 0 Å². The molecule has 0 heterocycles. The highest BCUT2D eigenvalue weighted by molar-refractivity contribution is 5.68. The van der Waals surface area contributed by atoms with Gasteiger partial charge in [-0.05, 0) is 54.5 Å². The first kappa shape index (κ1) is 16.5. The Labute approximate surface area is 131 Å². The van der Waals surface area contributed by atoms with Gasteiger partial charge >= 0.3 is 0 Å². The van der Waals surface area contributed by atoms with Crippen molar-refractivity contribution in [2.45, 2.75) is 18.3 Å². The van der Waals surface area contributed by atoms with Crippen LogP contribution in [0.1, 0.15) is 18.1 Å². The maximum atomic E-state index is 11.0. The lowest BCUT2D eigenvalue weighted by atomic mass is 9.83. The van der Waals surface area contributed by atoms with Crippen molar-refractivity contribution in [2.75, 3.05) is 21.3 Å². The summed E-state index contributed by atoms with van der Waals surface area (Å²) in [4.78, 5) is 0. The van der Waals surface area contributed by atoms with Crippen molar-refractivity contribution in [3.63, 3.8) is 0 Å². The molecule has 0 spiro atoms. The molecular weight excluding hydrogens is 280 g/mol. The van der Waals surface area contributed by atoms with E-state index < -0.39 is 11.4 Å². The third kappa shape index (κ3) is 2.86. The van der Waals surface area contributed by atoms with Gasteiger partial charge in [-0.3, -0.25) is 0 Å². The lowest BCUT2D eigenvalue weighted by Gasteiger charge is -2.33. The third-order valence-electron chi connectivity index (χ3n) is 3.90. The molecule has 2 rings (SSSR count). The van der Waals surface area contributed by atoms with Crippen molar-refractivity contribution < 1.29 is 19.3 Å². The van der Waals surface area contributed by atoms with E-state index >= 15 is 0 Å². The average molecular weight is 302 g/mol. The van der Waals surface area contributed by atoms with Crippen LogP contribution in [0.4, 0.5) is 0 Å². The molecule has 22 heavy (non-hydrogen) atoms. The number of hydrogen-bond donors (Lipinski definition) is 1. The number of hydrogen-bond acceptors (Lipinski definition) is 4. The van der Waals surface area contributed by atoms with Crippen LogP contribution in [-0.4, -0.2) is 32.2 Å². The number of benzene rings is 1. The Morgan fingerprint density at radius 3 is 2.09 bits per heavy atom. The predicted octanol–water partition coefficient (Wildman–Crippen LogP) is 3.03. The van der Waals surface area contributed by atoms with Gasteiger partial charge in [-0.2, -0.15) is 0 Å². The Morgan fingerprint density at radius 1 is 1.05 bits per heavy atom. The maximum Gasteiger partial charge on any atom is 0.207 e. The van der Waals surface area contributed by atoms with E-state index in [1.807, 2.05) is 25.1 Å². The molecule has 4 heteroatoms. The number of allylic oxidation sites excluding steroid dienone is 1. The molecule has 1 aromatic rings. The second-order valence-electron chi connectivity index (χ2n) is 5.31. The number of ether oxygens (including phenoxy) is 3. The minimum absolute atomic E-state index is 0.720. The van der Waals surface area contributed by atoms with Gasteiger partial charge in [0.1, 0.15) is 11.4 Å². The molecule has 0 saturated heterocycles. The predicted molar refractivity (Wildman–Crippen MR) is 86.6 cm³/mol. The van der Waals surface area contributed by atoms with Gasteiger partial charge in [0.15, 0.2) is 0 Å². The highest BCUT2D eigenvalue weighted by Gasteiger charge is 2.35. The highest BCUT2D eigenvalue weighted by Crippen LogP contribution is 2.37. The van der Waals surface area contributed by atoms with E-state index in [2.05, 4.69) is 6.58 Å².